The highest BCUT2D eigenvalue weighted by Crippen LogP contribution is 2.38. The molecule has 0 heterocycles. The quantitative estimate of drug-likeness (QED) is 0.617. The lowest BCUT2D eigenvalue weighted by Crippen LogP contribution is -1.96. The van der Waals surface area contributed by atoms with Gasteiger partial charge in [0.1, 0.15) is 5.75 Å². The Morgan fingerprint density at radius 3 is 2.17 bits per heavy atom. The molecule has 0 atom stereocenters. The van der Waals surface area contributed by atoms with Gasteiger partial charge in [0, 0.05) is 11.6 Å². The average Bonchev–Trinajstić information content (AvgIpc) is 2.58. The summed E-state index contributed by atoms with van der Waals surface area (Å²) in [6, 6.07) is 13.7. The van der Waals surface area contributed by atoms with E-state index in [1.165, 1.54) is 0 Å². The number of nitrogens with zero attached hydrogens (tertiary/aromatic N) is 1. The minimum Gasteiger partial charge on any atom is -0.496 e. The third-order valence-corrected chi connectivity index (χ3v) is 3.47. The normalized spacial score (nSPS) is 10.8. The van der Waals surface area contributed by atoms with E-state index in [0.29, 0.717) is 28.4 Å². The second-order valence-electron chi connectivity index (χ2n) is 4.99. The molecule has 0 amide bonds. The molecule has 2 aromatic rings. The number of hydrogen-bond donors (Lipinski definition) is 0. The van der Waals surface area contributed by atoms with E-state index >= 15 is 0 Å². The standard InChI is InChI=1S/C19H19NO3/c1-13-6-5-7-14(8-13)9-15(12-20)16-10-18(22-3)19(23-4)11-17(16)21-2/h5-11H,1-4H3. The lowest BCUT2D eigenvalue weighted by atomic mass is 10.0. The van der Waals surface area contributed by atoms with Crippen LogP contribution in [0.4, 0.5) is 0 Å². The van der Waals surface area contributed by atoms with E-state index in [9.17, 15) is 5.26 Å². The average molecular weight is 309 g/mol. The van der Waals surface area contributed by atoms with Gasteiger partial charge in [-0.15, -0.1) is 0 Å². The summed E-state index contributed by atoms with van der Waals surface area (Å²) < 4.78 is 16.0. The van der Waals surface area contributed by atoms with Crippen molar-refractivity contribution in [1.29, 1.82) is 5.26 Å². The summed E-state index contributed by atoms with van der Waals surface area (Å²) in [7, 11) is 4.68. The zero-order chi connectivity index (χ0) is 16.8. The molecule has 4 nitrogen and oxygen atoms in total. The second-order valence-corrected chi connectivity index (χ2v) is 4.99. The van der Waals surface area contributed by atoms with Gasteiger partial charge in [-0.3, -0.25) is 0 Å². The van der Waals surface area contributed by atoms with Gasteiger partial charge < -0.3 is 14.2 Å². The van der Waals surface area contributed by atoms with Crippen LogP contribution >= 0.6 is 0 Å². The molecule has 0 saturated carbocycles. The fourth-order valence-electron chi connectivity index (χ4n) is 2.34. The number of rotatable bonds is 5. The fraction of sp³-hybridized carbons (Fsp3) is 0.211. The Bertz CT molecular complexity index is 773. The number of benzene rings is 2. The molecular formula is C19H19NO3. The van der Waals surface area contributed by atoms with Crippen molar-refractivity contribution in [2.75, 3.05) is 21.3 Å². The van der Waals surface area contributed by atoms with Crippen LogP contribution in [-0.2, 0) is 0 Å². The molecule has 0 aliphatic carbocycles. The van der Waals surface area contributed by atoms with Gasteiger partial charge in [0.05, 0.1) is 33.0 Å². The first-order valence-corrected chi connectivity index (χ1v) is 7.11. The molecule has 0 fully saturated rings. The maximum Gasteiger partial charge on any atom is 0.164 e. The van der Waals surface area contributed by atoms with E-state index in [-0.39, 0.29) is 0 Å². The molecule has 0 bridgehead atoms. The van der Waals surface area contributed by atoms with Crippen molar-refractivity contribution in [2.24, 2.45) is 0 Å². The molecule has 0 radical (unpaired) electrons. The van der Waals surface area contributed by atoms with E-state index in [2.05, 4.69) is 6.07 Å². The summed E-state index contributed by atoms with van der Waals surface area (Å²) in [5, 5.41) is 9.57. The van der Waals surface area contributed by atoms with E-state index in [1.807, 2.05) is 37.3 Å². The predicted octanol–water partition coefficient (Wildman–Crippen LogP) is 4.09. The minimum absolute atomic E-state index is 0.494. The second kappa shape index (κ2) is 7.37. The monoisotopic (exact) mass is 309 g/mol. The SMILES string of the molecule is COc1cc(OC)c(C(C#N)=Cc2cccc(C)c2)cc1OC. The number of nitriles is 1. The molecule has 0 spiro atoms. The van der Waals surface area contributed by atoms with Crippen LogP contribution in [-0.4, -0.2) is 21.3 Å². The van der Waals surface area contributed by atoms with Crippen LogP contribution in [0.5, 0.6) is 17.2 Å². The highest BCUT2D eigenvalue weighted by atomic mass is 16.5. The van der Waals surface area contributed by atoms with Crippen molar-refractivity contribution in [3.8, 4) is 23.3 Å². The first kappa shape index (κ1) is 16.4. The number of allylic oxidation sites excluding steroid dienone is 1. The topological polar surface area (TPSA) is 51.5 Å². The van der Waals surface area contributed by atoms with Crippen LogP contribution in [0.25, 0.3) is 11.6 Å². The molecule has 118 valence electrons. The number of hydrogen-bond acceptors (Lipinski definition) is 4. The van der Waals surface area contributed by atoms with Crippen LogP contribution in [0.1, 0.15) is 16.7 Å². The zero-order valence-corrected chi connectivity index (χ0v) is 13.7. The van der Waals surface area contributed by atoms with Gasteiger partial charge in [0.2, 0.25) is 0 Å². The van der Waals surface area contributed by atoms with Crippen LogP contribution in [0.3, 0.4) is 0 Å². The number of ether oxygens (including phenoxy) is 3. The molecule has 2 rings (SSSR count). The van der Waals surface area contributed by atoms with Crippen molar-refractivity contribution < 1.29 is 14.2 Å². The van der Waals surface area contributed by atoms with Crippen molar-refractivity contribution in [1.82, 2.24) is 0 Å². The lowest BCUT2D eigenvalue weighted by molar-refractivity contribution is 0.348. The van der Waals surface area contributed by atoms with Gasteiger partial charge in [-0.2, -0.15) is 5.26 Å². The van der Waals surface area contributed by atoms with Crippen LogP contribution in [0, 0.1) is 18.3 Å². The molecular weight excluding hydrogens is 290 g/mol. The van der Waals surface area contributed by atoms with Gasteiger partial charge in [0.25, 0.3) is 0 Å². The van der Waals surface area contributed by atoms with E-state index in [4.69, 9.17) is 14.2 Å². The van der Waals surface area contributed by atoms with Crippen LogP contribution in [0.2, 0.25) is 0 Å². The van der Waals surface area contributed by atoms with Gasteiger partial charge in [0.15, 0.2) is 11.5 Å². The third kappa shape index (κ3) is 3.64. The van der Waals surface area contributed by atoms with Gasteiger partial charge in [-0.1, -0.05) is 29.8 Å². The Kier molecular flexibility index (Phi) is 5.27. The molecule has 4 heteroatoms. The molecule has 0 N–H and O–H groups in total. The Hall–Kier alpha value is -2.93. The van der Waals surface area contributed by atoms with Crippen molar-refractivity contribution in [2.45, 2.75) is 6.92 Å². The summed E-state index contributed by atoms with van der Waals surface area (Å²) in [4.78, 5) is 0. The summed E-state index contributed by atoms with van der Waals surface area (Å²) in [6.45, 7) is 2.01. The lowest BCUT2D eigenvalue weighted by Gasteiger charge is -2.13. The summed E-state index contributed by atoms with van der Waals surface area (Å²) in [6.07, 6.45) is 1.83. The molecule has 2 aromatic carbocycles. The maximum atomic E-state index is 9.57. The maximum absolute atomic E-state index is 9.57. The number of aryl methyl sites for hydroxylation is 1. The third-order valence-electron chi connectivity index (χ3n) is 3.47. The van der Waals surface area contributed by atoms with E-state index < -0.39 is 0 Å². The Morgan fingerprint density at radius 1 is 0.957 bits per heavy atom. The minimum atomic E-state index is 0.494. The summed E-state index contributed by atoms with van der Waals surface area (Å²) >= 11 is 0. The predicted molar refractivity (Wildman–Crippen MR) is 90.8 cm³/mol. The van der Waals surface area contributed by atoms with Crippen LogP contribution < -0.4 is 14.2 Å². The highest BCUT2D eigenvalue weighted by molar-refractivity contribution is 5.92. The molecule has 0 unspecified atom stereocenters. The van der Waals surface area contributed by atoms with Crippen molar-refractivity contribution >= 4 is 11.6 Å². The molecule has 0 saturated heterocycles. The largest absolute Gasteiger partial charge is 0.496 e. The molecule has 0 aliphatic heterocycles. The Morgan fingerprint density at radius 2 is 1.61 bits per heavy atom. The van der Waals surface area contributed by atoms with Crippen LogP contribution in [0.15, 0.2) is 36.4 Å². The first-order valence-electron chi connectivity index (χ1n) is 7.11. The first-order chi connectivity index (χ1) is 11.1. The van der Waals surface area contributed by atoms with E-state index in [0.717, 1.165) is 11.1 Å². The van der Waals surface area contributed by atoms with Crippen molar-refractivity contribution in [3.63, 3.8) is 0 Å². The Balaban J connectivity index is 2.59. The van der Waals surface area contributed by atoms with Gasteiger partial charge >= 0.3 is 0 Å². The zero-order valence-electron chi connectivity index (χ0n) is 13.7. The summed E-state index contributed by atoms with van der Waals surface area (Å²) in [5.41, 5.74) is 3.25. The Labute approximate surface area is 136 Å². The molecule has 0 aliphatic rings. The summed E-state index contributed by atoms with van der Waals surface area (Å²) in [5.74, 6) is 1.66. The van der Waals surface area contributed by atoms with Gasteiger partial charge in [-0.25, -0.2) is 0 Å². The fourth-order valence-corrected chi connectivity index (χ4v) is 2.34. The molecule has 23 heavy (non-hydrogen) atoms. The smallest absolute Gasteiger partial charge is 0.164 e. The molecule has 0 aromatic heterocycles. The van der Waals surface area contributed by atoms with E-state index in [1.54, 1.807) is 33.5 Å². The highest BCUT2D eigenvalue weighted by Gasteiger charge is 2.15. The van der Waals surface area contributed by atoms with Crippen molar-refractivity contribution in [3.05, 3.63) is 53.1 Å². The van der Waals surface area contributed by atoms with Gasteiger partial charge in [-0.05, 0) is 24.6 Å². The number of methoxy groups -OCH3 is 3.